The molecule has 84 valence electrons. The quantitative estimate of drug-likeness (QED) is 0.709. The van der Waals surface area contributed by atoms with E-state index < -0.39 is 0 Å². The monoisotopic (exact) mass is 205 g/mol. The summed E-state index contributed by atoms with van der Waals surface area (Å²) in [5.74, 6) is 0.729. The van der Waals surface area contributed by atoms with Gasteiger partial charge in [0.05, 0.1) is 0 Å². The van der Waals surface area contributed by atoms with Crippen LogP contribution >= 0.6 is 0 Å². The van der Waals surface area contributed by atoms with Gasteiger partial charge in [0.1, 0.15) is 0 Å². The Bertz CT molecular complexity index is 287. The SMILES string of the molecule is CCC(CC)c1cccc(CN(C)C)c1. The summed E-state index contributed by atoms with van der Waals surface area (Å²) >= 11 is 0. The van der Waals surface area contributed by atoms with Gasteiger partial charge in [-0.15, -0.1) is 0 Å². The van der Waals surface area contributed by atoms with Crippen LogP contribution in [-0.2, 0) is 6.54 Å². The summed E-state index contributed by atoms with van der Waals surface area (Å²) in [6.07, 6.45) is 2.48. The Morgan fingerprint density at radius 3 is 2.33 bits per heavy atom. The van der Waals surface area contributed by atoms with Crippen LogP contribution in [0.3, 0.4) is 0 Å². The molecular weight excluding hydrogens is 182 g/mol. The zero-order valence-corrected chi connectivity index (χ0v) is 10.5. The molecule has 0 radical (unpaired) electrons. The third-order valence-electron chi connectivity index (χ3n) is 2.91. The summed E-state index contributed by atoms with van der Waals surface area (Å²) in [5.41, 5.74) is 2.92. The smallest absolute Gasteiger partial charge is 0.0227 e. The number of nitrogens with zero attached hydrogens (tertiary/aromatic N) is 1. The molecule has 0 amide bonds. The van der Waals surface area contributed by atoms with Crippen molar-refractivity contribution in [2.45, 2.75) is 39.2 Å². The maximum atomic E-state index is 2.36. The molecule has 1 aromatic rings. The third-order valence-corrected chi connectivity index (χ3v) is 2.91. The summed E-state index contributed by atoms with van der Waals surface area (Å²) in [7, 11) is 4.23. The van der Waals surface area contributed by atoms with Gasteiger partial charge in [-0.25, -0.2) is 0 Å². The second-order valence-electron chi connectivity index (χ2n) is 4.50. The summed E-state index contributed by atoms with van der Waals surface area (Å²) in [6, 6.07) is 9.02. The molecule has 0 aliphatic carbocycles. The van der Waals surface area contributed by atoms with Gasteiger partial charge in [-0.2, -0.15) is 0 Å². The molecule has 0 N–H and O–H groups in total. The topological polar surface area (TPSA) is 3.24 Å². The van der Waals surface area contributed by atoms with E-state index in [1.54, 1.807) is 0 Å². The number of hydrogen-bond acceptors (Lipinski definition) is 1. The molecule has 0 aliphatic heterocycles. The Morgan fingerprint density at radius 1 is 1.13 bits per heavy atom. The maximum Gasteiger partial charge on any atom is 0.0227 e. The molecular formula is C14H23N. The zero-order valence-electron chi connectivity index (χ0n) is 10.5. The summed E-state index contributed by atoms with van der Waals surface area (Å²) in [4.78, 5) is 2.21. The lowest BCUT2D eigenvalue weighted by Crippen LogP contribution is -2.11. The largest absolute Gasteiger partial charge is 0.305 e. The average molecular weight is 205 g/mol. The van der Waals surface area contributed by atoms with E-state index >= 15 is 0 Å². The highest BCUT2D eigenvalue weighted by Gasteiger charge is 2.07. The summed E-state index contributed by atoms with van der Waals surface area (Å²) in [6.45, 7) is 5.58. The first-order chi connectivity index (χ1) is 7.17. The van der Waals surface area contributed by atoms with Crippen LogP contribution in [0.5, 0.6) is 0 Å². The molecule has 0 aliphatic rings. The fraction of sp³-hybridized carbons (Fsp3) is 0.571. The van der Waals surface area contributed by atoms with Crippen molar-refractivity contribution in [1.29, 1.82) is 0 Å². The van der Waals surface area contributed by atoms with Gasteiger partial charge in [0, 0.05) is 6.54 Å². The van der Waals surface area contributed by atoms with Crippen molar-refractivity contribution >= 4 is 0 Å². The fourth-order valence-electron chi connectivity index (χ4n) is 2.07. The molecule has 1 nitrogen and oxygen atoms in total. The van der Waals surface area contributed by atoms with Gasteiger partial charge >= 0.3 is 0 Å². The molecule has 0 saturated carbocycles. The normalized spacial score (nSPS) is 11.3. The lowest BCUT2D eigenvalue weighted by molar-refractivity contribution is 0.402. The van der Waals surface area contributed by atoms with Crippen molar-refractivity contribution in [2.75, 3.05) is 14.1 Å². The van der Waals surface area contributed by atoms with Crippen LogP contribution in [0.4, 0.5) is 0 Å². The van der Waals surface area contributed by atoms with Crippen LogP contribution in [0, 0.1) is 0 Å². The van der Waals surface area contributed by atoms with Crippen molar-refractivity contribution in [3.8, 4) is 0 Å². The lowest BCUT2D eigenvalue weighted by Gasteiger charge is -2.15. The molecule has 0 fully saturated rings. The summed E-state index contributed by atoms with van der Waals surface area (Å²) in [5, 5.41) is 0. The highest BCUT2D eigenvalue weighted by atomic mass is 15.0. The third kappa shape index (κ3) is 3.67. The number of rotatable bonds is 5. The molecule has 0 saturated heterocycles. The van der Waals surface area contributed by atoms with Crippen LogP contribution in [-0.4, -0.2) is 19.0 Å². The van der Waals surface area contributed by atoms with Gasteiger partial charge in [-0.1, -0.05) is 38.1 Å². The molecule has 15 heavy (non-hydrogen) atoms. The van der Waals surface area contributed by atoms with E-state index in [2.05, 4.69) is 57.1 Å². The Labute approximate surface area is 94.1 Å². The van der Waals surface area contributed by atoms with E-state index in [1.807, 2.05) is 0 Å². The van der Waals surface area contributed by atoms with Crippen LogP contribution in [0.25, 0.3) is 0 Å². The molecule has 0 spiro atoms. The Kier molecular flexibility index (Phi) is 4.83. The second-order valence-corrected chi connectivity index (χ2v) is 4.50. The van der Waals surface area contributed by atoms with Crippen molar-refractivity contribution < 1.29 is 0 Å². The van der Waals surface area contributed by atoms with Crippen molar-refractivity contribution in [1.82, 2.24) is 4.90 Å². The fourth-order valence-corrected chi connectivity index (χ4v) is 2.07. The lowest BCUT2D eigenvalue weighted by atomic mass is 9.93. The van der Waals surface area contributed by atoms with Crippen LogP contribution < -0.4 is 0 Å². The van der Waals surface area contributed by atoms with Gasteiger partial charge in [0.25, 0.3) is 0 Å². The average Bonchev–Trinajstić information content (AvgIpc) is 2.19. The Hall–Kier alpha value is -0.820. The van der Waals surface area contributed by atoms with Crippen molar-refractivity contribution in [2.24, 2.45) is 0 Å². The maximum absolute atomic E-state index is 2.36. The van der Waals surface area contributed by atoms with Crippen LogP contribution in [0.1, 0.15) is 43.7 Å². The van der Waals surface area contributed by atoms with Crippen molar-refractivity contribution in [3.05, 3.63) is 35.4 Å². The van der Waals surface area contributed by atoms with Crippen molar-refractivity contribution in [3.63, 3.8) is 0 Å². The minimum absolute atomic E-state index is 0.729. The minimum Gasteiger partial charge on any atom is -0.305 e. The summed E-state index contributed by atoms with van der Waals surface area (Å²) < 4.78 is 0. The van der Waals surface area contributed by atoms with Gasteiger partial charge in [-0.3, -0.25) is 0 Å². The molecule has 0 unspecified atom stereocenters. The van der Waals surface area contributed by atoms with E-state index in [1.165, 1.54) is 24.0 Å². The first-order valence-corrected chi connectivity index (χ1v) is 5.90. The Balaban J connectivity index is 2.81. The molecule has 0 bridgehead atoms. The van der Waals surface area contributed by atoms with E-state index in [0.717, 1.165) is 12.5 Å². The zero-order chi connectivity index (χ0) is 11.3. The van der Waals surface area contributed by atoms with Crippen LogP contribution in [0.15, 0.2) is 24.3 Å². The molecule has 1 aromatic carbocycles. The van der Waals surface area contributed by atoms with E-state index in [4.69, 9.17) is 0 Å². The highest BCUT2D eigenvalue weighted by molar-refractivity contribution is 5.26. The van der Waals surface area contributed by atoms with Gasteiger partial charge in [0.2, 0.25) is 0 Å². The Morgan fingerprint density at radius 2 is 1.80 bits per heavy atom. The first-order valence-electron chi connectivity index (χ1n) is 5.90. The van der Waals surface area contributed by atoms with Gasteiger partial charge in [0.15, 0.2) is 0 Å². The predicted octanol–water partition coefficient (Wildman–Crippen LogP) is 3.65. The predicted molar refractivity (Wildman–Crippen MR) is 67.2 cm³/mol. The minimum atomic E-state index is 0.729. The standard InChI is InChI=1S/C14H23N/c1-5-13(6-2)14-9-7-8-12(10-14)11-15(3)4/h7-10,13H,5-6,11H2,1-4H3. The first kappa shape index (κ1) is 12.3. The number of hydrogen-bond donors (Lipinski definition) is 0. The van der Waals surface area contributed by atoms with E-state index in [9.17, 15) is 0 Å². The van der Waals surface area contributed by atoms with E-state index in [-0.39, 0.29) is 0 Å². The molecule has 0 heterocycles. The second kappa shape index (κ2) is 5.92. The van der Waals surface area contributed by atoms with E-state index in [0.29, 0.717) is 0 Å². The molecule has 0 atom stereocenters. The van der Waals surface area contributed by atoms with Crippen LogP contribution in [0.2, 0.25) is 0 Å². The molecule has 1 rings (SSSR count). The van der Waals surface area contributed by atoms with Gasteiger partial charge in [-0.05, 0) is 44.0 Å². The highest BCUT2D eigenvalue weighted by Crippen LogP contribution is 2.23. The van der Waals surface area contributed by atoms with Gasteiger partial charge < -0.3 is 4.90 Å². The molecule has 1 heteroatoms. The molecule has 0 aromatic heterocycles. The number of benzene rings is 1.